The molecule has 1 fully saturated rings. The number of hydrogen-bond donors (Lipinski definition) is 0. The highest BCUT2D eigenvalue weighted by atomic mass is 32.2. The molecule has 1 unspecified atom stereocenters. The van der Waals surface area contributed by atoms with Gasteiger partial charge in [-0.3, -0.25) is 0 Å². The van der Waals surface area contributed by atoms with Crippen LogP contribution in [0.5, 0.6) is 0 Å². The molecule has 1 saturated heterocycles. The second kappa shape index (κ2) is 2.97. The molecule has 0 aliphatic carbocycles. The van der Waals surface area contributed by atoms with Crippen LogP contribution < -0.4 is 0 Å². The van der Waals surface area contributed by atoms with E-state index in [0.29, 0.717) is 0 Å². The van der Waals surface area contributed by atoms with E-state index in [-0.39, 0.29) is 0 Å². The Bertz CT molecular complexity index is 185. The van der Waals surface area contributed by atoms with Gasteiger partial charge in [0.15, 0.2) is 0 Å². The van der Waals surface area contributed by atoms with E-state index >= 15 is 0 Å². The Labute approximate surface area is 69.6 Å². The molecule has 1 aliphatic heterocycles. The lowest BCUT2D eigenvalue weighted by Crippen LogP contribution is -1.90. The number of thiophene rings is 1. The average molecular weight is 170 g/mol. The van der Waals surface area contributed by atoms with Crippen LogP contribution in [0.1, 0.15) is 17.2 Å². The van der Waals surface area contributed by atoms with Gasteiger partial charge in [-0.15, -0.1) is 11.3 Å². The molecule has 1 aromatic rings. The van der Waals surface area contributed by atoms with Gasteiger partial charge in [-0.25, -0.2) is 0 Å². The van der Waals surface area contributed by atoms with Crippen molar-refractivity contribution in [3.8, 4) is 0 Å². The van der Waals surface area contributed by atoms with Gasteiger partial charge in [0.25, 0.3) is 0 Å². The fourth-order valence-electron chi connectivity index (χ4n) is 1.28. The zero-order chi connectivity index (χ0) is 6.81. The summed E-state index contributed by atoms with van der Waals surface area (Å²) in [6, 6.07) is 4.42. The van der Waals surface area contributed by atoms with Gasteiger partial charge in [0.1, 0.15) is 0 Å². The van der Waals surface area contributed by atoms with Crippen LogP contribution in [0, 0.1) is 0 Å². The highest BCUT2D eigenvalue weighted by Gasteiger charge is 2.17. The first kappa shape index (κ1) is 6.74. The third-order valence-electron chi connectivity index (χ3n) is 1.88. The van der Waals surface area contributed by atoms with Gasteiger partial charge in [-0.2, -0.15) is 11.8 Å². The van der Waals surface area contributed by atoms with Crippen LogP contribution in [-0.2, 0) is 0 Å². The minimum absolute atomic E-state index is 0.880. The predicted molar refractivity (Wildman–Crippen MR) is 49.0 cm³/mol. The average Bonchev–Trinajstić information content (AvgIpc) is 2.59. The van der Waals surface area contributed by atoms with Gasteiger partial charge < -0.3 is 0 Å². The standard InChI is InChI=1S/C8H10S2/c1-2-8(10-4-1)7-3-5-9-6-7/h1-2,4,7H,3,5-6H2. The monoisotopic (exact) mass is 170 g/mol. The van der Waals surface area contributed by atoms with Crippen LogP contribution in [0.3, 0.4) is 0 Å². The number of thioether (sulfide) groups is 1. The van der Waals surface area contributed by atoms with Gasteiger partial charge in [0, 0.05) is 16.5 Å². The topological polar surface area (TPSA) is 0 Å². The van der Waals surface area contributed by atoms with Crippen LogP contribution in [-0.4, -0.2) is 11.5 Å². The molecule has 0 radical (unpaired) electrons. The molecule has 0 bridgehead atoms. The maximum absolute atomic E-state index is 2.27. The summed E-state index contributed by atoms with van der Waals surface area (Å²) in [7, 11) is 0. The molecule has 0 N–H and O–H groups in total. The van der Waals surface area contributed by atoms with Crippen LogP contribution >= 0.6 is 23.1 Å². The molecule has 0 aromatic carbocycles. The quantitative estimate of drug-likeness (QED) is 0.624. The van der Waals surface area contributed by atoms with Gasteiger partial charge in [0.05, 0.1) is 0 Å². The molecule has 1 atom stereocenters. The molecule has 1 aliphatic rings. The van der Waals surface area contributed by atoms with Crippen molar-refractivity contribution >= 4 is 23.1 Å². The molecule has 10 heavy (non-hydrogen) atoms. The fraction of sp³-hybridized carbons (Fsp3) is 0.500. The Morgan fingerprint density at radius 3 is 3.10 bits per heavy atom. The molecule has 2 rings (SSSR count). The summed E-state index contributed by atoms with van der Waals surface area (Å²) in [5.74, 6) is 3.59. The van der Waals surface area contributed by atoms with Crippen molar-refractivity contribution in [1.82, 2.24) is 0 Å². The second-order valence-electron chi connectivity index (χ2n) is 2.58. The smallest absolute Gasteiger partial charge is 0.00847 e. The van der Waals surface area contributed by atoms with Gasteiger partial charge in [-0.1, -0.05) is 6.07 Å². The minimum Gasteiger partial charge on any atom is -0.161 e. The minimum atomic E-state index is 0.880. The summed E-state index contributed by atoms with van der Waals surface area (Å²) < 4.78 is 0. The van der Waals surface area contributed by atoms with E-state index in [2.05, 4.69) is 29.3 Å². The summed E-state index contributed by atoms with van der Waals surface area (Å²) in [4.78, 5) is 1.59. The van der Waals surface area contributed by atoms with E-state index in [9.17, 15) is 0 Å². The van der Waals surface area contributed by atoms with Crippen LogP contribution in [0.25, 0.3) is 0 Å². The lowest BCUT2D eigenvalue weighted by molar-refractivity contribution is 0.799. The van der Waals surface area contributed by atoms with Crippen molar-refractivity contribution < 1.29 is 0 Å². The molecular weight excluding hydrogens is 160 g/mol. The van der Waals surface area contributed by atoms with Crippen molar-refractivity contribution in [2.45, 2.75) is 12.3 Å². The van der Waals surface area contributed by atoms with Gasteiger partial charge in [0.2, 0.25) is 0 Å². The third kappa shape index (κ3) is 1.23. The van der Waals surface area contributed by atoms with Crippen LogP contribution in [0.4, 0.5) is 0 Å². The Morgan fingerprint density at radius 1 is 1.50 bits per heavy atom. The van der Waals surface area contributed by atoms with E-state index in [1.807, 2.05) is 11.3 Å². The summed E-state index contributed by atoms with van der Waals surface area (Å²) in [6.45, 7) is 0. The second-order valence-corrected chi connectivity index (χ2v) is 4.71. The first-order valence-corrected chi connectivity index (χ1v) is 5.61. The Morgan fingerprint density at radius 2 is 2.50 bits per heavy atom. The Balaban J connectivity index is 2.12. The first-order valence-electron chi connectivity index (χ1n) is 3.58. The molecule has 1 aromatic heterocycles. The van der Waals surface area contributed by atoms with E-state index in [4.69, 9.17) is 0 Å². The van der Waals surface area contributed by atoms with Crippen molar-refractivity contribution in [2.75, 3.05) is 11.5 Å². The van der Waals surface area contributed by atoms with Crippen molar-refractivity contribution in [3.05, 3.63) is 22.4 Å². The predicted octanol–water partition coefficient (Wildman–Crippen LogP) is 2.97. The number of rotatable bonds is 1. The normalized spacial score (nSPS) is 25.4. The van der Waals surface area contributed by atoms with E-state index in [1.165, 1.54) is 17.9 Å². The SMILES string of the molecule is c1csc(C2CCSC2)c1. The summed E-state index contributed by atoms with van der Waals surface area (Å²) in [5.41, 5.74) is 0. The lowest BCUT2D eigenvalue weighted by Gasteiger charge is -2.02. The fourth-order valence-corrected chi connectivity index (χ4v) is 3.50. The Hall–Kier alpha value is 0.0500. The molecule has 0 saturated carbocycles. The maximum atomic E-state index is 2.27. The summed E-state index contributed by atoms with van der Waals surface area (Å²) in [5, 5.41) is 2.18. The molecule has 2 heteroatoms. The Kier molecular flexibility index (Phi) is 2.00. The summed E-state index contributed by atoms with van der Waals surface area (Å²) >= 11 is 3.99. The molecule has 54 valence electrons. The van der Waals surface area contributed by atoms with E-state index < -0.39 is 0 Å². The molecule has 2 heterocycles. The van der Waals surface area contributed by atoms with E-state index in [1.54, 1.807) is 4.88 Å². The van der Waals surface area contributed by atoms with Crippen molar-refractivity contribution in [1.29, 1.82) is 0 Å². The highest BCUT2D eigenvalue weighted by molar-refractivity contribution is 7.99. The largest absolute Gasteiger partial charge is 0.161 e. The van der Waals surface area contributed by atoms with E-state index in [0.717, 1.165) is 5.92 Å². The lowest BCUT2D eigenvalue weighted by atomic mass is 10.1. The zero-order valence-electron chi connectivity index (χ0n) is 5.75. The highest BCUT2D eigenvalue weighted by Crippen LogP contribution is 2.34. The van der Waals surface area contributed by atoms with Crippen LogP contribution in [0.15, 0.2) is 17.5 Å². The van der Waals surface area contributed by atoms with Crippen molar-refractivity contribution in [3.63, 3.8) is 0 Å². The van der Waals surface area contributed by atoms with Gasteiger partial charge in [-0.05, 0) is 23.6 Å². The van der Waals surface area contributed by atoms with Gasteiger partial charge >= 0.3 is 0 Å². The first-order chi connectivity index (χ1) is 4.97. The maximum Gasteiger partial charge on any atom is 0.00847 e. The number of hydrogen-bond acceptors (Lipinski definition) is 2. The summed E-state index contributed by atoms with van der Waals surface area (Å²) in [6.07, 6.45) is 1.39. The molecular formula is C8H10S2. The zero-order valence-corrected chi connectivity index (χ0v) is 7.38. The molecule has 0 amide bonds. The molecule has 0 nitrogen and oxygen atoms in total. The third-order valence-corrected chi connectivity index (χ3v) is 4.07. The molecule has 0 spiro atoms. The van der Waals surface area contributed by atoms with Crippen molar-refractivity contribution in [2.24, 2.45) is 0 Å². The van der Waals surface area contributed by atoms with Crippen LogP contribution in [0.2, 0.25) is 0 Å².